The number of amides is 2. The lowest BCUT2D eigenvalue weighted by molar-refractivity contribution is 0.0500. The van der Waals surface area contributed by atoms with Crippen molar-refractivity contribution >= 4 is 39.3 Å². The lowest BCUT2D eigenvalue weighted by atomic mass is 10.2. The number of esters is 1. The maximum atomic E-state index is 12.0. The van der Waals surface area contributed by atoms with Gasteiger partial charge in [-0.15, -0.1) is 0 Å². The van der Waals surface area contributed by atoms with Crippen LogP contribution in [0, 0.1) is 0 Å². The molecule has 0 fully saturated rings. The average molecular weight is 391 g/mol. The third-order valence-electron chi connectivity index (χ3n) is 3.19. The Bertz CT molecular complexity index is 702. The van der Waals surface area contributed by atoms with Crippen molar-refractivity contribution in [2.45, 2.75) is 19.8 Å². The number of anilines is 2. The number of carbonyl (C=O) groups is 2. The molecule has 24 heavy (non-hydrogen) atoms. The normalized spacial score (nSPS) is 10.1. The maximum absolute atomic E-state index is 12.0. The summed E-state index contributed by atoms with van der Waals surface area (Å²) in [5.74, 6) is -0.353. The van der Waals surface area contributed by atoms with Crippen molar-refractivity contribution in [3.05, 3.63) is 58.6 Å². The van der Waals surface area contributed by atoms with Crippen molar-refractivity contribution in [2.24, 2.45) is 0 Å². The smallest absolute Gasteiger partial charge is 0.338 e. The molecule has 0 aliphatic rings. The largest absolute Gasteiger partial charge is 0.462 e. The summed E-state index contributed by atoms with van der Waals surface area (Å²) in [4.78, 5) is 23.8. The fourth-order valence-corrected chi connectivity index (χ4v) is 2.34. The Labute approximate surface area is 149 Å². The Hall–Kier alpha value is -2.34. The Morgan fingerprint density at radius 3 is 2.42 bits per heavy atom. The first-order valence-corrected chi connectivity index (χ1v) is 8.48. The second-order valence-corrected chi connectivity index (χ2v) is 6.07. The summed E-state index contributed by atoms with van der Waals surface area (Å²) in [5.41, 5.74) is 1.73. The maximum Gasteiger partial charge on any atom is 0.338 e. The molecule has 2 amide bonds. The zero-order valence-electron chi connectivity index (χ0n) is 13.3. The number of urea groups is 1. The van der Waals surface area contributed by atoms with Crippen molar-refractivity contribution < 1.29 is 14.3 Å². The second-order valence-electron chi connectivity index (χ2n) is 5.16. The lowest BCUT2D eigenvalue weighted by Gasteiger charge is -2.09. The Morgan fingerprint density at radius 1 is 1.04 bits per heavy atom. The average Bonchev–Trinajstić information content (AvgIpc) is 2.55. The molecule has 0 radical (unpaired) electrons. The summed E-state index contributed by atoms with van der Waals surface area (Å²) in [6.07, 6.45) is 1.82. The summed E-state index contributed by atoms with van der Waals surface area (Å²) < 4.78 is 6.02. The SMILES string of the molecule is CCCCOC(=O)c1ccc(NC(=O)Nc2cccc(Br)c2)cc1. The monoisotopic (exact) mass is 390 g/mol. The molecule has 2 N–H and O–H groups in total. The van der Waals surface area contributed by atoms with Gasteiger partial charge in [0.25, 0.3) is 0 Å². The van der Waals surface area contributed by atoms with E-state index in [4.69, 9.17) is 4.74 Å². The van der Waals surface area contributed by atoms with Gasteiger partial charge in [0, 0.05) is 15.8 Å². The zero-order valence-corrected chi connectivity index (χ0v) is 14.9. The number of unbranched alkanes of at least 4 members (excludes halogenated alkanes) is 1. The van der Waals surface area contributed by atoms with Crippen LogP contribution in [0.3, 0.4) is 0 Å². The minimum absolute atomic E-state index is 0.353. The van der Waals surface area contributed by atoms with Gasteiger partial charge in [0.15, 0.2) is 0 Å². The highest BCUT2D eigenvalue weighted by atomic mass is 79.9. The van der Waals surface area contributed by atoms with Crippen LogP contribution in [0.5, 0.6) is 0 Å². The summed E-state index contributed by atoms with van der Waals surface area (Å²) in [6.45, 7) is 2.46. The summed E-state index contributed by atoms with van der Waals surface area (Å²) in [5, 5.41) is 5.44. The minimum atomic E-state index is -0.355. The molecule has 0 saturated heterocycles. The molecule has 0 aliphatic heterocycles. The van der Waals surface area contributed by atoms with Gasteiger partial charge in [0.1, 0.15) is 0 Å². The predicted molar refractivity (Wildman–Crippen MR) is 98.4 cm³/mol. The zero-order chi connectivity index (χ0) is 17.4. The number of nitrogens with one attached hydrogen (secondary N) is 2. The van der Waals surface area contributed by atoms with Crippen molar-refractivity contribution in [1.29, 1.82) is 0 Å². The molecule has 0 atom stereocenters. The molecule has 0 bridgehead atoms. The first kappa shape index (κ1) is 18.0. The standard InChI is InChI=1S/C18H19BrN2O3/c1-2-3-11-24-17(22)13-7-9-15(10-8-13)20-18(23)21-16-6-4-5-14(19)12-16/h4-10,12H,2-3,11H2,1H3,(H2,20,21,23). The third-order valence-corrected chi connectivity index (χ3v) is 3.69. The highest BCUT2D eigenvalue weighted by Gasteiger charge is 2.08. The first-order chi connectivity index (χ1) is 11.6. The van der Waals surface area contributed by atoms with Gasteiger partial charge in [-0.2, -0.15) is 0 Å². The van der Waals surface area contributed by atoms with Crippen LogP contribution in [0.1, 0.15) is 30.1 Å². The topological polar surface area (TPSA) is 67.4 Å². The van der Waals surface area contributed by atoms with Gasteiger partial charge in [0.05, 0.1) is 12.2 Å². The van der Waals surface area contributed by atoms with Crippen molar-refractivity contribution in [2.75, 3.05) is 17.2 Å². The van der Waals surface area contributed by atoms with E-state index in [-0.39, 0.29) is 12.0 Å². The molecule has 0 saturated carbocycles. The molecule has 2 aromatic rings. The molecule has 0 spiro atoms. The van der Waals surface area contributed by atoms with E-state index in [0.717, 1.165) is 17.3 Å². The van der Waals surface area contributed by atoms with Gasteiger partial charge < -0.3 is 15.4 Å². The molecule has 5 nitrogen and oxygen atoms in total. The Morgan fingerprint density at radius 2 is 1.75 bits per heavy atom. The van der Waals surface area contributed by atoms with E-state index in [0.29, 0.717) is 23.5 Å². The summed E-state index contributed by atoms with van der Waals surface area (Å²) in [7, 11) is 0. The van der Waals surface area contributed by atoms with Crippen LogP contribution in [-0.4, -0.2) is 18.6 Å². The van der Waals surface area contributed by atoms with Crippen LogP contribution in [0.4, 0.5) is 16.2 Å². The fraction of sp³-hybridized carbons (Fsp3) is 0.222. The molecular formula is C18H19BrN2O3. The number of halogens is 1. The number of carbonyl (C=O) groups excluding carboxylic acids is 2. The van der Waals surface area contributed by atoms with Crippen molar-refractivity contribution in [3.63, 3.8) is 0 Å². The molecule has 6 heteroatoms. The van der Waals surface area contributed by atoms with Crippen LogP contribution in [0.2, 0.25) is 0 Å². The number of ether oxygens (including phenoxy) is 1. The lowest BCUT2D eigenvalue weighted by Crippen LogP contribution is -2.19. The minimum Gasteiger partial charge on any atom is -0.462 e. The van der Waals surface area contributed by atoms with Crippen molar-refractivity contribution in [3.8, 4) is 0 Å². The summed E-state index contributed by atoms with van der Waals surface area (Å²) in [6, 6.07) is 13.5. The van der Waals surface area contributed by atoms with E-state index in [1.165, 1.54) is 0 Å². The van der Waals surface area contributed by atoms with Crippen LogP contribution in [0.25, 0.3) is 0 Å². The first-order valence-electron chi connectivity index (χ1n) is 7.69. The van der Waals surface area contributed by atoms with E-state index in [1.807, 2.05) is 19.1 Å². The van der Waals surface area contributed by atoms with E-state index in [2.05, 4.69) is 26.6 Å². The van der Waals surface area contributed by atoms with Crippen LogP contribution < -0.4 is 10.6 Å². The molecule has 2 aromatic carbocycles. The second kappa shape index (κ2) is 9.08. The molecular weight excluding hydrogens is 372 g/mol. The molecule has 0 unspecified atom stereocenters. The van der Waals surface area contributed by atoms with E-state index >= 15 is 0 Å². The van der Waals surface area contributed by atoms with Gasteiger partial charge in [-0.3, -0.25) is 0 Å². The molecule has 0 aliphatic carbocycles. The summed E-state index contributed by atoms with van der Waals surface area (Å²) >= 11 is 3.35. The molecule has 2 rings (SSSR count). The van der Waals surface area contributed by atoms with Crippen LogP contribution >= 0.6 is 15.9 Å². The van der Waals surface area contributed by atoms with Gasteiger partial charge >= 0.3 is 12.0 Å². The van der Waals surface area contributed by atoms with Gasteiger partial charge in [-0.1, -0.05) is 35.3 Å². The number of hydrogen-bond acceptors (Lipinski definition) is 3. The predicted octanol–water partition coefficient (Wildman–Crippen LogP) is 5.05. The highest BCUT2D eigenvalue weighted by Crippen LogP contribution is 2.16. The van der Waals surface area contributed by atoms with Gasteiger partial charge in [0.2, 0.25) is 0 Å². The fourth-order valence-electron chi connectivity index (χ4n) is 1.94. The highest BCUT2D eigenvalue weighted by molar-refractivity contribution is 9.10. The third kappa shape index (κ3) is 5.70. The van der Waals surface area contributed by atoms with E-state index < -0.39 is 0 Å². The van der Waals surface area contributed by atoms with Crippen LogP contribution in [0.15, 0.2) is 53.0 Å². The van der Waals surface area contributed by atoms with Crippen molar-refractivity contribution in [1.82, 2.24) is 0 Å². The molecule has 0 heterocycles. The van der Waals surface area contributed by atoms with E-state index in [1.54, 1.807) is 36.4 Å². The van der Waals surface area contributed by atoms with Gasteiger partial charge in [-0.25, -0.2) is 9.59 Å². The Kier molecular flexibility index (Phi) is 6.81. The van der Waals surface area contributed by atoms with Gasteiger partial charge in [-0.05, 0) is 48.9 Å². The number of benzene rings is 2. The van der Waals surface area contributed by atoms with E-state index in [9.17, 15) is 9.59 Å². The van der Waals surface area contributed by atoms with Crippen LogP contribution in [-0.2, 0) is 4.74 Å². The number of rotatable bonds is 6. The number of hydrogen-bond donors (Lipinski definition) is 2. The quantitative estimate of drug-likeness (QED) is 0.535. The molecule has 0 aromatic heterocycles. The Balaban J connectivity index is 1.89. The molecule has 126 valence electrons.